The molecule has 0 amide bonds. The number of hydrogen-bond acceptors (Lipinski definition) is 8. The van der Waals surface area contributed by atoms with Crippen molar-refractivity contribution in [2.75, 3.05) is 13.2 Å². The van der Waals surface area contributed by atoms with Crippen LogP contribution in [0.2, 0.25) is 0 Å². The molecule has 0 bridgehead atoms. The molecule has 1 aliphatic heterocycles. The minimum atomic E-state index is -1.82. The molecule has 11 heteroatoms. The Kier molecular flexibility index (Phi) is 8.30. The summed E-state index contributed by atoms with van der Waals surface area (Å²) >= 11 is 0. The Labute approximate surface area is 176 Å². The minimum absolute atomic E-state index is 0.104. The van der Waals surface area contributed by atoms with Gasteiger partial charge in [-0.05, 0) is 11.6 Å². The van der Waals surface area contributed by atoms with Gasteiger partial charge in [0.05, 0.1) is 23.0 Å². The smallest absolute Gasteiger partial charge is 0.414 e. The molecule has 1 atom stereocenters. The van der Waals surface area contributed by atoms with Crippen LogP contribution in [-0.2, 0) is 22.6 Å². The van der Waals surface area contributed by atoms with Gasteiger partial charge in [0, 0.05) is 19.2 Å². The van der Waals surface area contributed by atoms with E-state index in [-0.39, 0.29) is 23.8 Å². The number of ether oxygens (including phenoxy) is 2. The lowest BCUT2D eigenvalue weighted by molar-refractivity contribution is -0.385. The van der Waals surface area contributed by atoms with Crippen molar-refractivity contribution < 1.29 is 34.2 Å². The van der Waals surface area contributed by atoms with Gasteiger partial charge < -0.3 is 25.0 Å². The first-order chi connectivity index (χ1) is 14.8. The lowest BCUT2D eigenvalue weighted by atomic mass is 10.1. The van der Waals surface area contributed by atoms with Gasteiger partial charge in [0.2, 0.25) is 0 Å². The topological polar surface area (TPSA) is 172 Å². The average Bonchev–Trinajstić information content (AvgIpc) is 2.75. The molecule has 3 rings (SSSR count). The molecule has 0 aliphatic carbocycles. The predicted molar refractivity (Wildman–Crippen MR) is 106 cm³/mol. The molecule has 162 valence electrons. The summed E-state index contributed by atoms with van der Waals surface area (Å²) in [6, 6.07) is 14.8. The highest BCUT2D eigenvalue weighted by Gasteiger charge is 2.28. The number of rotatable bonds is 6. The molecule has 2 aromatic rings. The SMILES string of the molecule is N#CCc1c([N+](=O)[O-])ccc2c1O[C@@H](CNCc1ccccc1)CO2.O=C(O)C(=O)O. The molecule has 31 heavy (non-hydrogen) atoms. The van der Waals surface area contributed by atoms with Crippen molar-refractivity contribution in [2.45, 2.75) is 19.1 Å². The summed E-state index contributed by atoms with van der Waals surface area (Å²) in [5.74, 6) is -2.91. The first kappa shape index (κ1) is 23.1. The van der Waals surface area contributed by atoms with E-state index in [1.807, 2.05) is 36.4 Å². The molecular weight excluding hydrogens is 410 g/mol. The Bertz CT molecular complexity index is 976. The maximum Gasteiger partial charge on any atom is 0.414 e. The van der Waals surface area contributed by atoms with Crippen molar-refractivity contribution in [3.63, 3.8) is 0 Å². The van der Waals surface area contributed by atoms with Crippen LogP contribution in [0.3, 0.4) is 0 Å². The molecule has 0 aromatic heterocycles. The number of hydrogen-bond donors (Lipinski definition) is 3. The van der Waals surface area contributed by atoms with Gasteiger partial charge in [-0.1, -0.05) is 30.3 Å². The van der Waals surface area contributed by atoms with E-state index in [0.29, 0.717) is 31.2 Å². The Morgan fingerprint density at radius 2 is 1.87 bits per heavy atom. The summed E-state index contributed by atoms with van der Waals surface area (Å²) in [6.45, 7) is 1.56. The molecule has 0 saturated heterocycles. The number of nitrogens with one attached hydrogen (secondary N) is 1. The highest BCUT2D eigenvalue weighted by atomic mass is 16.6. The zero-order valence-corrected chi connectivity index (χ0v) is 16.2. The van der Waals surface area contributed by atoms with Crippen LogP contribution in [0.15, 0.2) is 42.5 Å². The van der Waals surface area contributed by atoms with Crippen LogP contribution in [0.25, 0.3) is 0 Å². The van der Waals surface area contributed by atoms with E-state index in [9.17, 15) is 10.1 Å². The normalized spacial score (nSPS) is 13.8. The van der Waals surface area contributed by atoms with Crippen molar-refractivity contribution in [1.29, 1.82) is 5.26 Å². The molecule has 2 aromatic carbocycles. The molecule has 0 saturated carbocycles. The Morgan fingerprint density at radius 3 is 2.45 bits per heavy atom. The fourth-order valence-corrected chi connectivity index (χ4v) is 2.72. The summed E-state index contributed by atoms with van der Waals surface area (Å²) in [6.07, 6.45) is -0.386. The van der Waals surface area contributed by atoms with E-state index in [1.54, 1.807) is 0 Å². The highest BCUT2D eigenvalue weighted by molar-refractivity contribution is 6.27. The van der Waals surface area contributed by atoms with Crippen molar-refractivity contribution in [1.82, 2.24) is 5.32 Å². The third kappa shape index (κ3) is 6.69. The maximum atomic E-state index is 11.2. The molecule has 3 N–H and O–H groups in total. The number of aliphatic carboxylic acids is 2. The van der Waals surface area contributed by atoms with Crippen molar-refractivity contribution in [3.8, 4) is 17.6 Å². The number of fused-ring (bicyclic) bond motifs is 1. The second-order valence-electron chi connectivity index (χ2n) is 6.26. The van der Waals surface area contributed by atoms with Gasteiger partial charge in [0.1, 0.15) is 12.7 Å². The molecule has 0 radical (unpaired) electrons. The number of nitriles is 1. The largest absolute Gasteiger partial charge is 0.486 e. The van der Waals surface area contributed by atoms with Gasteiger partial charge in [0.15, 0.2) is 11.5 Å². The maximum absolute atomic E-state index is 11.2. The van der Waals surface area contributed by atoms with Crippen LogP contribution in [-0.4, -0.2) is 46.3 Å². The number of carbonyl (C=O) groups is 2. The second kappa shape index (κ2) is 11.1. The third-order valence-electron chi connectivity index (χ3n) is 4.09. The summed E-state index contributed by atoms with van der Waals surface area (Å²) in [4.78, 5) is 28.9. The van der Waals surface area contributed by atoms with Gasteiger partial charge in [-0.25, -0.2) is 9.59 Å². The monoisotopic (exact) mass is 429 g/mol. The standard InChI is InChI=1S/C18H17N3O4.C2H2O4/c19-9-8-15-16(21(22)23)6-7-17-18(15)25-14(12-24-17)11-20-10-13-4-2-1-3-5-13;3-1(4)2(5)6/h1-7,14,20H,8,10-12H2;(H,3,4)(H,5,6)/t14-;/m0./s1. The lowest BCUT2D eigenvalue weighted by Gasteiger charge is -2.28. The molecule has 1 heterocycles. The summed E-state index contributed by atoms with van der Waals surface area (Å²) in [5, 5.41) is 38.2. The molecule has 0 unspecified atom stereocenters. The van der Waals surface area contributed by atoms with E-state index >= 15 is 0 Å². The van der Waals surface area contributed by atoms with Crippen LogP contribution < -0.4 is 14.8 Å². The fourth-order valence-electron chi connectivity index (χ4n) is 2.72. The number of carboxylic acids is 2. The number of nitrogens with zero attached hydrogens (tertiary/aromatic N) is 2. The summed E-state index contributed by atoms with van der Waals surface area (Å²) in [7, 11) is 0. The zero-order chi connectivity index (χ0) is 22.8. The Hall–Kier alpha value is -4.17. The number of nitro groups is 1. The van der Waals surface area contributed by atoms with E-state index in [2.05, 4.69) is 5.32 Å². The number of benzene rings is 2. The number of nitro benzene ring substituents is 1. The van der Waals surface area contributed by atoms with Crippen LogP contribution in [0.4, 0.5) is 5.69 Å². The summed E-state index contributed by atoms with van der Waals surface area (Å²) in [5.41, 5.74) is 1.29. The second-order valence-corrected chi connectivity index (χ2v) is 6.26. The Balaban J connectivity index is 0.000000501. The average molecular weight is 429 g/mol. The Morgan fingerprint density at radius 1 is 1.19 bits per heavy atom. The van der Waals surface area contributed by atoms with Gasteiger partial charge in [-0.3, -0.25) is 10.1 Å². The fraction of sp³-hybridized carbons (Fsp3) is 0.250. The molecular formula is C20H19N3O8. The van der Waals surface area contributed by atoms with Crippen LogP contribution in [0.1, 0.15) is 11.1 Å². The van der Waals surface area contributed by atoms with E-state index in [0.717, 1.165) is 5.56 Å². The van der Waals surface area contributed by atoms with Crippen molar-refractivity contribution in [3.05, 3.63) is 63.7 Å². The number of carboxylic acid groups (broad SMARTS) is 2. The van der Waals surface area contributed by atoms with E-state index in [1.165, 1.54) is 12.1 Å². The first-order valence-corrected chi connectivity index (χ1v) is 9.01. The molecule has 11 nitrogen and oxygen atoms in total. The molecule has 1 aliphatic rings. The predicted octanol–water partition coefficient (Wildman–Crippen LogP) is 1.75. The molecule has 0 fully saturated rings. The lowest BCUT2D eigenvalue weighted by Crippen LogP contribution is -2.38. The van der Waals surface area contributed by atoms with Gasteiger partial charge in [0.25, 0.3) is 5.69 Å². The summed E-state index contributed by atoms with van der Waals surface area (Å²) < 4.78 is 11.6. The minimum Gasteiger partial charge on any atom is -0.486 e. The van der Waals surface area contributed by atoms with Crippen LogP contribution in [0, 0.1) is 21.4 Å². The van der Waals surface area contributed by atoms with Crippen LogP contribution >= 0.6 is 0 Å². The third-order valence-corrected chi connectivity index (χ3v) is 4.09. The van der Waals surface area contributed by atoms with Gasteiger partial charge in [-0.15, -0.1) is 0 Å². The van der Waals surface area contributed by atoms with E-state index in [4.69, 9.17) is 34.5 Å². The molecule has 0 spiro atoms. The first-order valence-electron chi connectivity index (χ1n) is 9.01. The van der Waals surface area contributed by atoms with Gasteiger partial charge >= 0.3 is 11.9 Å². The zero-order valence-electron chi connectivity index (χ0n) is 16.2. The van der Waals surface area contributed by atoms with E-state index < -0.39 is 16.9 Å². The van der Waals surface area contributed by atoms with Crippen molar-refractivity contribution in [2.24, 2.45) is 0 Å². The van der Waals surface area contributed by atoms with Gasteiger partial charge in [-0.2, -0.15) is 5.26 Å². The highest BCUT2D eigenvalue weighted by Crippen LogP contribution is 2.40. The van der Waals surface area contributed by atoms with Crippen molar-refractivity contribution >= 4 is 17.6 Å². The van der Waals surface area contributed by atoms with Crippen LogP contribution in [0.5, 0.6) is 11.5 Å². The quantitative estimate of drug-likeness (QED) is 0.349.